The molecule has 0 aromatic rings. The average molecular weight is 187 g/mol. The first kappa shape index (κ1) is 11.5. The maximum atomic E-state index is 10.8. The van der Waals surface area contributed by atoms with Gasteiger partial charge in [-0.15, -0.1) is 0 Å². The van der Waals surface area contributed by atoms with Crippen LogP contribution in [0.5, 0.6) is 0 Å². The zero-order chi connectivity index (χ0) is 10.3. The second kappa shape index (κ2) is 6.05. The van der Waals surface area contributed by atoms with Crippen molar-refractivity contribution in [2.75, 3.05) is 13.7 Å². The topological polar surface area (TPSA) is 64.6 Å². The van der Waals surface area contributed by atoms with Gasteiger partial charge < -0.3 is 14.8 Å². The van der Waals surface area contributed by atoms with E-state index in [2.05, 4.69) is 14.8 Å². The van der Waals surface area contributed by atoms with E-state index in [9.17, 15) is 9.59 Å². The molecule has 0 heterocycles. The van der Waals surface area contributed by atoms with E-state index in [4.69, 9.17) is 0 Å². The van der Waals surface area contributed by atoms with Crippen LogP contribution in [0.15, 0.2) is 11.8 Å². The summed E-state index contributed by atoms with van der Waals surface area (Å²) in [7, 11) is 1.26. The first-order valence-electron chi connectivity index (χ1n) is 3.81. The third kappa shape index (κ3) is 4.84. The van der Waals surface area contributed by atoms with Crippen molar-refractivity contribution in [1.82, 2.24) is 5.32 Å². The molecule has 1 N–H and O–H groups in total. The zero-order valence-electron chi connectivity index (χ0n) is 7.92. The lowest BCUT2D eigenvalue weighted by Crippen LogP contribution is -2.22. The normalized spacial score (nSPS) is 10.5. The van der Waals surface area contributed by atoms with Crippen molar-refractivity contribution in [2.24, 2.45) is 0 Å². The summed E-state index contributed by atoms with van der Waals surface area (Å²) in [4.78, 5) is 21.5. The van der Waals surface area contributed by atoms with Crippen molar-refractivity contribution in [3.05, 3.63) is 11.8 Å². The summed E-state index contributed by atoms with van der Waals surface area (Å²) in [5.41, 5.74) is 0.230. The van der Waals surface area contributed by atoms with Crippen LogP contribution in [0.3, 0.4) is 0 Å². The van der Waals surface area contributed by atoms with Crippen LogP contribution in [0.1, 0.15) is 13.8 Å². The monoisotopic (exact) mass is 187 g/mol. The minimum absolute atomic E-state index is 0.230. The number of hydrogen-bond donors (Lipinski definition) is 1. The van der Waals surface area contributed by atoms with Gasteiger partial charge in [-0.25, -0.2) is 9.59 Å². The van der Waals surface area contributed by atoms with E-state index >= 15 is 0 Å². The summed E-state index contributed by atoms with van der Waals surface area (Å²) in [5.74, 6) is -0.524. The quantitative estimate of drug-likeness (QED) is 0.403. The molecule has 1 amide bonds. The SMILES string of the molecule is CCNC(=O)O/C=C(\C)C(=O)OC. The van der Waals surface area contributed by atoms with Crippen molar-refractivity contribution in [1.29, 1.82) is 0 Å². The van der Waals surface area contributed by atoms with Crippen LogP contribution in [0, 0.1) is 0 Å². The number of nitrogens with one attached hydrogen (secondary N) is 1. The number of esters is 1. The molecular formula is C8H13NO4. The van der Waals surface area contributed by atoms with Gasteiger partial charge in [0, 0.05) is 6.54 Å². The van der Waals surface area contributed by atoms with Gasteiger partial charge >= 0.3 is 12.1 Å². The van der Waals surface area contributed by atoms with Gasteiger partial charge in [0.25, 0.3) is 0 Å². The predicted octanol–water partition coefficient (Wildman–Crippen LogP) is 0.809. The molecule has 0 radical (unpaired) electrons. The van der Waals surface area contributed by atoms with Gasteiger partial charge in [0.15, 0.2) is 0 Å². The Balaban J connectivity index is 3.96. The van der Waals surface area contributed by atoms with Crippen molar-refractivity contribution < 1.29 is 19.1 Å². The summed E-state index contributed by atoms with van der Waals surface area (Å²) in [6.45, 7) is 3.73. The number of rotatable bonds is 3. The Kier molecular flexibility index (Phi) is 5.34. The largest absolute Gasteiger partial charge is 0.466 e. The maximum Gasteiger partial charge on any atom is 0.412 e. The van der Waals surface area contributed by atoms with E-state index in [1.54, 1.807) is 6.92 Å². The summed E-state index contributed by atoms with van der Waals surface area (Å²) >= 11 is 0. The fourth-order valence-electron chi connectivity index (χ4n) is 0.537. The molecule has 0 fully saturated rings. The van der Waals surface area contributed by atoms with Gasteiger partial charge in [0.05, 0.1) is 12.7 Å². The molecule has 0 spiro atoms. The van der Waals surface area contributed by atoms with Gasteiger partial charge in [-0.2, -0.15) is 0 Å². The molecule has 0 aliphatic carbocycles. The molecule has 0 bridgehead atoms. The van der Waals surface area contributed by atoms with E-state index in [0.29, 0.717) is 6.54 Å². The molecule has 13 heavy (non-hydrogen) atoms. The highest BCUT2D eigenvalue weighted by atomic mass is 16.5. The van der Waals surface area contributed by atoms with Gasteiger partial charge in [0.1, 0.15) is 6.26 Å². The zero-order valence-corrected chi connectivity index (χ0v) is 7.92. The first-order chi connectivity index (χ1) is 6.11. The Labute approximate surface area is 76.7 Å². The number of methoxy groups -OCH3 is 1. The lowest BCUT2D eigenvalue weighted by atomic mass is 10.3. The molecule has 0 saturated heterocycles. The van der Waals surface area contributed by atoms with Gasteiger partial charge in [-0.05, 0) is 13.8 Å². The van der Waals surface area contributed by atoms with Crippen LogP contribution in [-0.2, 0) is 14.3 Å². The molecule has 0 aromatic carbocycles. The summed E-state index contributed by atoms with van der Waals surface area (Å²) in [6, 6.07) is 0. The predicted molar refractivity (Wildman–Crippen MR) is 45.9 cm³/mol. The lowest BCUT2D eigenvalue weighted by molar-refractivity contribution is -0.136. The Morgan fingerprint density at radius 1 is 1.46 bits per heavy atom. The van der Waals surface area contributed by atoms with Crippen LogP contribution in [0.2, 0.25) is 0 Å². The second-order valence-corrected chi connectivity index (χ2v) is 2.23. The first-order valence-corrected chi connectivity index (χ1v) is 3.81. The highest BCUT2D eigenvalue weighted by Crippen LogP contribution is 1.95. The van der Waals surface area contributed by atoms with E-state index < -0.39 is 12.1 Å². The van der Waals surface area contributed by atoms with Gasteiger partial charge in [-0.3, -0.25) is 0 Å². The molecule has 0 unspecified atom stereocenters. The summed E-state index contributed by atoms with van der Waals surface area (Å²) < 4.78 is 8.94. The number of carbonyl (C=O) groups is 2. The van der Waals surface area contributed by atoms with E-state index in [1.165, 1.54) is 14.0 Å². The molecular weight excluding hydrogens is 174 g/mol. The van der Waals surface area contributed by atoms with Crippen molar-refractivity contribution in [3.8, 4) is 0 Å². The molecule has 74 valence electrons. The molecule has 0 aromatic heterocycles. The smallest absolute Gasteiger partial charge is 0.412 e. The highest BCUT2D eigenvalue weighted by molar-refractivity contribution is 5.87. The highest BCUT2D eigenvalue weighted by Gasteiger charge is 2.04. The molecule has 0 aliphatic heterocycles. The van der Waals surface area contributed by atoms with E-state index in [0.717, 1.165) is 6.26 Å². The van der Waals surface area contributed by atoms with Crippen molar-refractivity contribution in [2.45, 2.75) is 13.8 Å². The molecule has 5 nitrogen and oxygen atoms in total. The van der Waals surface area contributed by atoms with Crippen molar-refractivity contribution >= 4 is 12.1 Å². The van der Waals surface area contributed by atoms with Crippen LogP contribution >= 0.6 is 0 Å². The van der Waals surface area contributed by atoms with E-state index in [1.807, 2.05) is 0 Å². The van der Waals surface area contributed by atoms with Crippen LogP contribution in [0.25, 0.3) is 0 Å². The Bertz CT molecular complexity index is 222. The number of hydrogen-bond acceptors (Lipinski definition) is 4. The molecule has 0 atom stereocenters. The standard InChI is InChI=1S/C8H13NO4/c1-4-9-8(11)13-5-6(2)7(10)12-3/h5H,4H2,1-3H3,(H,9,11)/b6-5+. The summed E-state index contributed by atoms with van der Waals surface area (Å²) in [5, 5.41) is 2.40. The molecule has 0 saturated carbocycles. The number of ether oxygens (including phenoxy) is 2. The Morgan fingerprint density at radius 2 is 2.08 bits per heavy atom. The van der Waals surface area contributed by atoms with Gasteiger partial charge in [-0.1, -0.05) is 0 Å². The molecule has 0 rings (SSSR count). The third-order valence-electron chi connectivity index (χ3n) is 1.17. The lowest BCUT2D eigenvalue weighted by Gasteiger charge is -2.01. The number of alkyl carbamates (subject to hydrolysis) is 1. The maximum absolute atomic E-state index is 10.8. The number of carbonyl (C=O) groups excluding carboxylic acids is 2. The molecule has 5 heteroatoms. The Morgan fingerprint density at radius 3 is 2.54 bits per heavy atom. The minimum atomic E-state index is -0.592. The summed E-state index contributed by atoms with van der Waals surface area (Å²) in [6.07, 6.45) is 0.461. The number of amides is 1. The molecule has 0 aliphatic rings. The van der Waals surface area contributed by atoms with Crippen LogP contribution in [0.4, 0.5) is 4.79 Å². The third-order valence-corrected chi connectivity index (χ3v) is 1.17. The van der Waals surface area contributed by atoms with Gasteiger partial charge in [0.2, 0.25) is 0 Å². The fraction of sp³-hybridized carbons (Fsp3) is 0.500. The van der Waals surface area contributed by atoms with E-state index in [-0.39, 0.29) is 5.57 Å². The van der Waals surface area contributed by atoms with Crippen LogP contribution < -0.4 is 5.32 Å². The van der Waals surface area contributed by atoms with Crippen LogP contribution in [-0.4, -0.2) is 25.7 Å². The second-order valence-electron chi connectivity index (χ2n) is 2.23. The minimum Gasteiger partial charge on any atom is -0.466 e. The van der Waals surface area contributed by atoms with Crippen molar-refractivity contribution in [3.63, 3.8) is 0 Å². The Hall–Kier alpha value is -1.52. The fourth-order valence-corrected chi connectivity index (χ4v) is 0.537. The average Bonchev–Trinajstić information content (AvgIpc) is 2.13.